The average Bonchev–Trinajstić information content (AvgIpc) is 4.04. The number of imidazole rings is 1. The highest BCUT2D eigenvalue weighted by atomic mass is 16.2. The van der Waals surface area contributed by atoms with E-state index in [4.69, 9.17) is 4.98 Å². The maximum atomic E-state index is 13.6. The molecule has 1 unspecified atom stereocenters. The van der Waals surface area contributed by atoms with Crippen molar-refractivity contribution < 1.29 is 24.0 Å². The molecule has 4 aliphatic rings. The summed E-state index contributed by atoms with van der Waals surface area (Å²) in [6, 6.07) is 17.7. The van der Waals surface area contributed by atoms with Gasteiger partial charge in [-0.15, -0.1) is 0 Å². The lowest BCUT2D eigenvalue weighted by molar-refractivity contribution is -0.136. The molecule has 9 rings (SSSR count). The third-order valence-corrected chi connectivity index (χ3v) is 11.9. The first-order valence-corrected chi connectivity index (χ1v) is 20.0. The van der Waals surface area contributed by atoms with E-state index in [1.807, 2.05) is 65.6 Å². The van der Waals surface area contributed by atoms with E-state index in [2.05, 4.69) is 30.5 Å². The third-order valence-electron chi connectivity index (χ3n) is 11.9. The summed E-state index contributed by atoms with van der Waals surface area (Å²) in [4.78, 5) is 78.0. The van der Waals surface area contributed by atoms with Crippen molar-refractivity contribution in [1.82, 2.24) is 34.9 Å². The fourth-order valence-electron chi connectivity index (χ4n) is 8.78. The van der Waals surface area contributed by atoms with Gasteiger partial charge in [0, 0.05) is 49.1 Å². The zero-order valence-corrected chi connectivity index (χ0v) is 31.7. The molecule has 3 N–H and O–H groups in total. The second kappa shape index (κ2) is 15.4. The number of imide groups is 2. The van der Waals surface area contributed by atoms with Crippen molar-refractivity contribution in [3.05, 3.63) is 95.6 Å². The number of anilines is 2. The number of aryl methyl sites for hydroxylation is 1. The molecule has 57 heavy (non-hydrogen) atoms. The summed E-state index contributed by atoms with van der Waals surface area (Å²) in [6.45, 7) is 5.35. The van der Waals surface area contributed by atoms with Gasteiger partial charge in [-0.2, -0.15) is 5.10 Å². The highest BCUT2D eigenvalue weighted by Crippen LogP contribution is 2.36. The first-order valence-electron chi connectivity index (χ1n) is 20.0. The molecule has 3 aromatic carbocycles. The van der Waals surface area contributed by atoms with Gasteiger partial charge < -0.3 is 15.2 Å². The molecular formula is C43H45N9O5. The van der Waals surface area contributed by atoms with Crippen LogP contribution in [0.1, 0.15) is 88.3 Å². The van der Waals surface area contributed by atoms with Crippen molar-refractivity contribution in [1.29, 1.82) is 0 Å². The molecule has 0 saturated carbocycles. The zero-order valence-electron chi connectivity index (χ0n) is 31.7. The SMILES string of the molecule is O=C1CCC(N2C(=O)c3cccc(N4CCC(CCCn5cc(-c6ccc(C(=O)Nc7ccc8[nH]c(CN9CCCC9)nc8c7)cc6)cn5)CC4)c3C2=O)C(=O)N1. The average molecular weight is 768 g/mol. The molecule has 14 nitrogen and oxygen atoms in total. The van der Waals surface area contributed by atoms with Crippen LogP contribution in [0.3, 0.4) is 0 Å². The number of aromatic nitrogens is 4. The Kier molecular flexibility index (Phi) is 9.87. The number of amides is 5. The number of benzene rings is 3. The van der Waals surface area contributed by atoms with E-state index in [-0.39, 0.29) is 18.7 Å². The van der Waals surface area contributed by atoms with Gasteiger partial charge in [0.15, 0.2) is 0 Å². The van der Waals surface area contributed by atoms with Gasteiger partial charge in [0.2, 0.25) is 11.8 Å². The van der Waals surface area contributed by atoms with Crippen LogP contribution in [0.4, 0.5) is 11.4 Å². The second-order valence-electron chi connectivity index (χ2n) is 15.6. The van der Waals surface area contributed by atoms with Gasteiger partial charge >= 0.3 is 0 Å². The standard InChI is InChI=1S/C43H45N9O5/c53-38-15-14-36(41(55)48-38)52-42(56)32-6-3-7-35(39(32)43(52)57)50-21-16-27(17-22-50)5-4-20-51-25-30(24-44-51)28-8-10-29(11-9-28)40(54)45-31-12-13-33-34(23-31)47-37(46-33)26-49-18-1-2-19-49/h3,6-13,23-25,27,36H,1-2,4-5,14-22,26H2,(H,45,54)(H,46,47)(H,48,53,55). The number of nitrogens with one attached hydrogen (secondary N) is 3. The quantitative estimate of drug-likeness (QED) is 0.150. The lowest BCUT2D eigenvalue weighted by atomic mass is 9.91. The molecule has 4 aliphatic heterocycles. The van der Waals surface area contributed by atoms with Gasteiger partial charge in [-0.05, 0) is 112 Å². The fourth-order valence-corrected chi connectivity index (χ4v) is 8.78. The maximum Gasteiger partial charge on any atom is 0.264 e. The molecule has 14 heteroatoms. The summed E-state index contributed by atoms with van der Waals surface area (Å²) in [5.74, 6) is -0.647. The van der Waals surface area contributed by atoms with Crippen LogP contribution in [0.2, 0.25) is 0 Å². The fraction of sp³-hybridized carbons (Fsp3) is 0.372. The van der Waals surface area contributed by atoms with Crippen LogP contribution in [0.25, 0.3) is 22.2 Å². The van der Waals surface area contributed by atoms with E-state index in [1.165, 1.54) is 12.8 Å². The number of hydrogen-bond donors (Lipinski definition) is 3. The van der Waals surface area contributed by atoms with Crippen molar-refractivity contribution in [2.45, 2.75) is 70.5 Å². The van der Waals surface area contributed by atoms with Crippen molar-refractivity contribution >= 4 is 51.9 Å². The van der Waals surface area contributed by atoms with Gasteiger partial charge in [-0.25, -0.2) is 4.98 Å². The number of piperidine rings is 2. The van der Waals surface area contributed by atoms with Gasteiger partial charge in [0.05, 0.1) is 40.6 Å². The highest BCUT2D eigenvalue weighted by Gasteiger charge is 2.46. The molecule has 0 aliphatic carbocycles. The Hall–Kier alpha value is -6.15. The van der Waals surface area contributed by atoms with E-state index < -0.39 is 29.7 Å². The Morgan fingerprint density at radius 1 is 0.877 bits per heavy atom. The topological polar surface area (TPSA) is 166 Å². The molecular weight excluding hydrogens is 723 g/mol. The first-order chi connectivity index (χ1) is 27.8. The molecule has 5 amide bonds. The van der Waals surface area contributed by atoms with Crippen molar-refractivity contribution in [3.8, 4) is 11.1 Å². The van der Waals surface area contributed by atoms with Crippen LogP contribution < -0.4 is 15.5 Å². The molecule has 6 heterocycles. The third kappa shape index (κ3) is 7.44. The summed E-state index contributed by atoms with van der Waals surface area (Å²) < 4.78 is 1.97. The van der Waals surface area contributed by atoms with Crippen LogP contribution in [-0.2, 0) is 22.7 Å². The highest BCUT2D eigenvalue weighted by molar-refractivity contribution is 6.25. The summed E-state index contributed by atoms with van der Waals surface area (Å²) in [5, 5.41) is 9.88. The summed E-state index contributed by atoms with van der Waals surface area (Å²) in [6.07, 6.45) is 10.5. The number of likely N-dealkylation sites (tertiary alicyclic amines) is 1. The van der Waals surface area contributed by atoms with Crippen LogP contribution in [0.15, 0.2) is 73.1 Å². The molecule has 3 saturated heterocycles. The summed E-state index contributed by atoms with van der Waals surface area (Å²) in [5.41, 5.74) is 6.44. The number of aromatic amines is 1. The number of fused-ring (bicyclic) bond motifs is 2. The largest absolute Gasteiger partial charge is 0.371 e. The maximum absolute atomic E-state index is 13.6. The van der Waals surface area contributed by atoms with E-state index in [0.717, 1.165) is 104 Å². The number of rotatable bonds is 11. The van der Waals surface area contributed by atoms with Crippen LogP contribution in [0.5, 0.6) is 0 Å². The number of carbonyl (C=O) groups is 5. The minimum atomic E-state index is -0.979. The number of H-pyrrole nitrogens is 1. The summed E-state index contributed by atoms with van der Waals surface area (Å²) in [7, 11) is 0. The normalized spacial score (nSPS) is 19.1. The lowest BCUT2D eigenvalue weighted by Gasteiger charge is -2.34. The molecule has 0 spiro atoms. The van der Waals surface area contributed by atoms with E-state index in [1.54, 1.807) is 12.1 Å². The van der Waals surface area contributed by atoms with Gasteiger partial charge in [0.25, 0.3) is 17.7 Å². The Labute approximate surface area is 329 Å². The van der Waals surface area contributed by atoms with Gasteiger partial charge in [-0.1, -0.05) is 18.2 Å². The van der Waals surface area contributed by atoms with Crippen molar-refractivity contribution in [3.63, 3.8) is 0 Å². The molecule has 292 valence electrons. The Bertz CT molecular complexity index is 2370. The van der Waals surface area contributed by atoms with Crippen molar-refractivity contribution in [2.24, 2.45) is 5.92 Å². The molecule has 0 radical (unpaired) electrons. The molecule has 1 atom stereocenters. The Balaban J connectivity index is 0.747. The molecule has 5 aromatic rings. The number of carbonyl (C=O) groups excluding carboxylic acids is 5. The van der Waals surface area contributed by atoms with E-state index in [9.17, 15) is 24.0 Å². The molecule has 0 bridgehead atoms. The first kappa shape index (κ1) is 36.5. The van der Waals surface area contributed by atoms with E-state index in [0.29, 0.717) is 28.3 Å². The monoisotopic (exact) mass is 767 g/mol. The predicted octanol–water partition coefficient (Wildman–Crippen LogP) is 5.37. The Morgan fingerprint density at radius 2 is 1.68 bits per heavy atom. The number of hydrogen-bond acceptors (Lipinski definition) is 9. The zero-order chi connectivity index (χ0) is 39.0. The molecule has 3 fully saturated rings. The number of nitrogens with zero attached hydrogens (tertiary/aromatic N) is 6. The Morgan fingerprint density at radius 3 is 2.47 bits per heavy atom. The smallest absolute Gasteiger partial charge is 0.264 e. The van der Waals surface area contributed by atoms with Gasteiger partial charge in [0.1, 0.15) is 11.9 Å². The summed E-state index contributed by atoms with van der Waals surface area (Å²) >= 11 is 0. The molecule has 2 aromatic heterocycles. The van der Waals surface area contributed by atoms with Crippen molar-refractivity contribution in [2.75, 3.05) is 36.4 Å². The lowest BCUT2D eigenvalue weighted by Crippen LogP contribution is -2.54. The van der Waals surface area contributed by atoms with Crippen LogP contribution in [0, 0.1) is 5.92 Å². The minimum Gasteiger partial charge on any atom is -0.371 e. The minimum absolute atomic E-state index is 0.0908. The van der Waals surface area contributed by atoms with Gasteiger partial charge in [-0.3, -0.25) is 43.8 Å². The van der Waals surface area contributed by atoms with Crippen LogP contribution in [-0.4, -0.2) is 91.3 Å². The van der Waals surface area contributed by atoms with E-state index >= 15 is 0 Å². The second-order valence-corrected chi connectivity index (χ2v) is 15.6. The predicted molar refractivity (Wildman–Crippen MR) is 214 cm³/mol. The van der Waals surface area contributed by atoms with Crippen LogP contribution >= 0.6 is 0 Å².